The first-order chi connectivity index (χ1) is 9.86. The molecule has 0 spiro atoms. The Kier molecular flexibility index (Phi) is 6.67. The van der Waals surface area contributed by atoms with Crippen LogP contribution in [0, 0.1) is 0 Å². The number of benzene rings is 1. The fourth-order valence-corrected chi connectivity index (χ4v) is 2.38. The van der Waals surface area contributed by atoms with E-state index in [2.05, 4.69) is 10.6 Å². The number of rotatable bonds is 7. The molecule has 0 heterocycles. The molecule has 8 heteroatoms. The van der Waals surface area contributed by atoms with Gasteiger partial charge in [-0.25, -0.2) is 9.59 Å². The predicted molar refractivity (Wildman–Crippen MR) is 80.1 cm³/mol. The molecule has 3 N–H and O–H groups in total. The highest BCUT2D eigenvalue weighted by Gasteiger charge is 2.09. The zero-order chi connectivity index (χ0) is 15.8. The molecule has 0 aromatic heterocycles. The zero-order valence-electron chi connectivity index (χ0n) is 11.8. The maximum absolute atomic E-state index is 11.7. The molecular formula is C13H18N2O5S. The Labute approximate surface area is 125 Å². The fraction of sp³-hybridized carbons (Fsp3) is 0.385. The molecule has 7 nitrogen and oxygen atoms in total. The number of anilines is 1. The first-order valence-electron chi connectivity index (χ1n) is 6.19. The van der Waals surface area contributed by atoms with Gasteiger partial charge in [0.1, 0.15) is 5.75 Å². The Morgan fingerprint density at radius 3 is 2.76 bits per heavy atom. The van der Waals surface area contributed by atoms with Crippen LogP contribution in [0.15, 0.2) is 24.3 Å². The van der Waals surface area contributed by atoms with Crippen LogP contribution in [0.1, 0.15) is 6.92 Å². The van der Waals surface area contributed by atoms with E-state index < -0.39 is 29.4 Å². The number of aliphatic carboxylic acids is 1. The Balaban J connectivity index is 2.54. The van der Waals surface area contributed by atoms with Gasteiger partial charge in [0.25, 0.3) is 0 Å². The number of carboxylic acid groups (broad SMARTS) is 1. The Morgan fingerprint density at radius 1 is 1.43 bits per heavy atom. The van der Waals surface area contributed by atoms with Crippen molar-refractivity contribution in [3.63, 3.8) is 0 Å². The third kappa shape index (κ3) is 7.31. The quantitative estimate of drug-likeness (QED) is 0.697. The topological polar surface area (TPSA) is 105 Å². The van der Waals surface area contributed by atoms with Gasteiger partial charge >= 0.3 is 12.0 Å². The summed E-state index contributed by atoms with van der Waals surface area (Å²) in [5, 5.41) is 13.8. The molecule has 0 saturated heterocycles. The summed E-state index contributed by atoms with van der Waals surface area (Å²) in [4.78, 5) is 22.1. The van der Waals surface area contributed by atoms with Crippen LogP contribution in [0.3, 0.4) is 0 Å². The Bertz CT molecular complexity index is 535. The predicted octanol–water partition coefficient (Wildman–Crippen LogP) is 1.04. The van der Waals surface area contributed by atoms with E-state index in [1.807, 2.05) is 0 Å². The maximum atomic E-state index is 11.7. The van der Waals surface area contributed by atoms with Gasteiger partial charge in [0.15, 0.2) is 6.61 Å². The number of hydrogen-bond donors (Lipinski definition) is 3. The molecule has 2 amide bonds. The molecule has 2 atom stereocenters. The van der Waals surface area contributed by atoms with Crippen molar-refractivity contribution in [2.45, 2.75) is 13.0 Å². The molecular weight excluding hydrogens is 296 g/mol. The van der Waals surface area contributed by atoms with E-state index in [1.165, 1.54) is 6.07 Å². The smallest absolute Gasteiger partial charge is 0.341 e. The van der Waals surface area contributed by atoms with E-state index in [0.717, 1.165) is 0 Å². The molecule has 1 aromatic carbocycles. The molecule has 2 unspecified atom stereocenters. The summed E-state index contributed by atoms with van der Waals surface area (Å²) in [6.07, 6.45) is 1.57. The van der Waals surface area contributed by atoms with E-state index in [0.29, 0.717) is 17.2 Å². The van der Waals surface area contributed by atoms with Crippen molar-refractivity contribution < 1.29 is 23.6 Å². The van der Waals surface area contributed by atoms with E-state index in [4.69, 9.17) is 9.84 Å². The van der Waals surface area contributed by atoms with E-state index >= 15 is 0 Å². The molecule has 1 rings (SSSR count). The molecule has 0 saturated carbocycles. The Hall–Kier alpha value is -2.09. The normalized spacial score (nSPS) is 13.0. The molecule has 0 fully saturated rings. The highest BCUT2D eigenvalue weighted by atomic mass is 32.2. The number of ether oxygens (including phenoxy) is 1. The van der Waals surface area contributed by atoms with Gasteiger partial charge in [-0.3, -0.25) is 4.21 Å². The summed E-state index contributed by atoms with van der Waals surface area (Å²) in [7, 11) is -0.988. The van der Waals surface area contributed by atoms with Gasteiger partial charge in [0.2, 0.25) is 0 Å². The van der Waals surface area contributed by atoms with Crippen LogP contribution in [0.25, 0.3) is 0 Å². The van der Waals surface area contributed by atoms with Gasteiger partial charge in [-0.15, -0.1) is 0 Å². The first kappa shape index (κ1) is 17.0. The minimum atomic E-state index is -1.08. The second-order valence-corrected chi connectivity index (χ2v) is 5.93. The number of carbonyl (C=O) groups is 2. The zero-order valence-corrected chi connectivity index (χ0v) is 12.6. The van der Waals surface area contributed by atoms with Gasteiger partial charge < -0.3 is 20.5 Å². The maximum Gasteiger partial charge on any atom is 0.341 e. The lowest BCUT2D eigenvalue weighted by molar-refractivity contribution is -0.139. The minimum Gasteiger partial charge on any atom is -0.482 e. The summed E-state index contributed by atoms with van der Waals surface area (Å²) >= 11 is 0. The molecule has 0 aliphatic carbocycles. The van der Waals surface area contributed by atoms with E-state index in [-0.39, 0.29) is 6.04 Å². The van der Waals surface area contributed by atoms with E-state index in [1.54, 1.807) is 31.4 Å². The number of nitrogens with one attached hydrogen (secondary N) is 2. The molecule has 21 heavy (non-hydrogen) atoms. The van der Waals surface area contributed by atoms with Gasteiger partial charge in [-0.1, -0.05) is 6.07 Å². The highest BCUT2D eigenvalue weighted by Crippen LogP contribution is 2.17. The molecule has 0 aliphatic heterocycles. The number of carbonyl (C=O) groups excluding carboxylic acids is 1. The second kappa shape index (κ2) is 8.25. The lowest BCUT2D eigenvalue weighted by Crippen LogP contribution is -2.39. The van der Waals surface area contributed by atoms with Gasteiger partial charge in [-0.2, -0.15) is 0 Å². The van der Waals surface area contributed by atoms with Gasteiger partial charge in [-0.05, 0) is 19.1 Å². The van der Waals surface area contributed by atoms with Crippen LogP contribution in [0.4, 0.5) is 10.5 Å². The van der Waals surface area contributed by atoms with Crippen LogP contribution in [-0.2, 0) is 15.6 Å². The lowest BCUT2D eigenvalue weighted by Gasteiger charge is -2.13. The largest absolute Gasteiger partial charge is 0.482 e. The van der Waals surface area contributed by atoms with Crippen molar-refractivity contribution in [3.8, 4) is 5.75 Å². The number of hydrogen-bond acceptors (Lipinski definition) is 4. The minimum absolute atomic E-state index is 0.220. The molecule has 0 aliphatic rings. The second-order valence-electron chi connectivity index (χ2n) is 4.45. The third-order valence-corrected chi connectivity index (χ3v) is 3.29. The van der Waals surface area contributed by atoms with E-state index in [9.17, 15) is 13.8 Å². The summed E-state index contributed by atoms with van der Waals surface area (Å²) in [5.74, 6) is -0.361. The van der Waals surface area contributed by atoms with Crippen LogP contribution >= 0.6 is 0 Å². The van der Waals surface area contributed by atoms with Gasteiger partial charge in [0, 0.05) is 40.6 Å². The van der Waals surface area contributed by atoms with Crippen LogP contribution in [0.2, 0.25) is 0 Å². The first-order valence-corrected chi connectivity index (χ1v) is 7.91. The van der Waals surface area contributed by atoms with Crippen molar-refractivity contribution in [1.29, 1.82) is 0 Å². The summed E-state index contributed by atoms with van der Waals surface area (Å²) in [6, 6.07) is 5.75. The Morgan fingerprint density at radius 2 is 2.14 bits per heavy atom. The van der Waals surface area contributed by atoms with Crippen LogP contribution in [0.5, 0.6) is 5.75 Å². The number of urea groups is 1. The lowest BCUT2D eigenvalue weighted by atomic mass is 10.3. The molecule has 1 aromatic rings. The number of amides is 2. The van der Waals surface area contributed by atoms with Crippen LogP contribution < -0.4 is 15.4 Å². The van der Waals surface area contributed by atoms with Crippen LogP contribution in [-0.4, -0.2) is 46.0 Å². The van der Waals surface area contributed by atoms with Crippen molar-refractivity contribution in [3.05, 3.63) is 24.3 Å². The van der Waals surface area contributed by atoms with Gasteiger partial charge in [0.05, 0.1) is 0 Å². The fourth-order valence-electron chi connectivity index (χ4n) is 1.59. The average Bonchev–Trinajstić information content (AvgIpc) is 2.35. The standard InChI is InChI=1S/C13H18N2O5S/c1-9(8-21(2)19)14-13(18)15-10-4-3-5-11(6-10)20-7-12(16)17/h3-6,9H,7-8H2,1-2H3,(H,16,17)(H2,14,15,18). The summed E-state index contributed by atoms with van der Waals surface area (Å²) in [5.41, 5.74) is 0.472. The number of carboxylic acids is 1. The molecule has 0 bridgehead atoms. The summed E-state index contributed by atoms with van der Waals surface area (Å²) < 4.78 is 16.1. The van der Waals surface area contributed by atoms with Crippen molar-refractivity contribution >= 4 is 28.5 Å². The third-order valence-electron chi connectivity index (χ3n) is 2.32. The highest BCUT2D eigenvalue weighted by molar-refractivity contribution is 7.84. The van der Waals surface area contributed by atoms with Crippen molar-refractivity contribution in [1.82, 2.24) is 5.32 Å². The summed E-state index contributed by atoms with van der Waals surface area (Å²) in [6.45, 7) is 1.31. The van der Waals surface area contributed by atoms with Crippen molar-refractivity contribution in [2.75, 3.05) is 23.9 Å². The monoisotopic (exact) mass is 314 g/mol. The average molecular weight is 314 g/mol. The molecule has 116 valence electrons. The van der Waals surface area contributed by atoms with Crippen molar-refractivity contribution in [2.24, 2.45) is 0 Å². The molecule has 0 radical (unpaired) electrons. The SMILES string of the molecule is CC(CS(C)=O)NC(=O)Nc1cccc(OCC(=O)O)c1.